The van der Waals surface area contributed by atoms with Crippen LogP contribution in [0.5, 0.6) is 0 Å². The minimum absolute atomic E-state index is 0.173. The highest BCUT2D eigenvalue weighted by Gasteiger charge is 2.13. The lowest BCUT2D eigenvalue weighted by molar-refractivity contribution is -0.115. The molecule has 0 bridgehead atoms. The molecule has 0 saturated carbocycles. The zero-order valence-corrected chi connectivity index (χ0v) is 15.6. The predicted octanol–water partition coefficient (Wildman–Crippen LogP) is 4.23. The molecule has 0 atom stereocenters. The maximum atomic E-state index is 12.5. The molecule has 6 nitrogen and oxygen atoms in total. The molecule has 0 aliphatic rings. The quantitative estimate of drug-likeness (QED) is 0.549. The van der Waals surface area contributed by atoms with Crippen molar-refractivity contribution in [1.29, 1.82) is 0 Å². The molecule has 1 N–H and O–H groups in total. The molecule has 4 aromatic rings. The van der Waals surface area contributed by atoms with Crippen LogP contribution in [0, 0.1) is 0 Å². The van der Waals surface area contributed by atoms with E-state index in [0.29, 0.717) is 16.4 Å². The van der Waals surface area contributed by atoms with Gasteiger partial charge in [0.15, 0.2) is 0 Å². The molecule has 2 heterocycles. The second-order valence-electron chi connectivity index (χ2n) is 5.74. The highest BCUT2D eigenvalue weighted by atomic mass is 35.5. The van der Waals surface area contributed by atoms with E-state index >= 15 is 0 Å². The Morgan fingerprint density at radius 1 is 1.19 bits per heavy atom. The lowest BCUT2D eigenvalue weighted by Crippen LogP contribution is -2.16. The van der Waals surface area contributed by atoms with Gasteiger partial charge in [0.1, 0.15) is 17.7 Å². The van der Waals surface area contributed by atoms with Crippen LogP contribution >= 0.6 is 22.9 Å². The van der Waals surface area contributed by atoms with Crippen LogP contribution in [0.2, 0.25) is 5.02 Å². The van der Waals surface area contributed by atoms with E-state index < -0.39 is 0 Å². The predicted molar refractivity (Wildman–Crippen MR) is 106 cm³/mol. The Kier molecular flexibility index (Phi) is 4.95. The molecule has 134 valence electrons. The van der Waals surface area contributed by atoms with Gasteiger partial charge in [0, 0.05) is 16.0 Å². The topological polar surface area (TPSA) is 72.7 Å². The van der Waals surface area contributed by atoms with E-state index in [2.05, 4.69) is 20.4 Å². The molecule has 8 heteroatoms. The highest BCUT2D eigenvalue weighted by Crippen LogP contribution is 2.25. The Labute approximate surface area is 164 Å². The summed E-state index contributed by atoms with van der Waals surface area (Å²) < 4.78 is 1.57. The molecule has 2 aromatic heterocycles. The fourth-order valence-corrected chi connectivity index (χ4v) is 3.60. The minimum atomic E-state index is -0.177. The first-order valence-corrected chi connectivity index (χ1v) is 9.39. The Hall–Kier alpha value is -3.03. The molecule has 0 aliphatic carbocycles. The van der Waals surface area contributed by atoms with Gasteiger partial charge in [-0.3, -0.25) is 4.79 Å². The smallest absolute Gasteiger partial charge is 0.230 e. The number of carbonyl (C=O) groups excluding carboxylic acids is 1. The number of rotatable bonds is 5. The van der Waals surface area contributed by atoms with E-state index in [1.54, 1.807) is 29.2 Å². The Morgan fingerprint density at radius 2 is 2.04 bits per heavy atom. The normalized spacial score (nSPS) is 10.7. The van der Waals surface area contributed by atoms with Gasteiger partial charge >= 0.3 is 0 Å². The number of anilines is 1. The first-order chi connectivity index (χ1) is 13.2. The second-order valence-corrected chi connectivity index (χ2v) is 7.03. The van der Waals surface area contributed by atoms with Crippen LogP contribution in [0.1, 0.15) is 5.69 Å². The van der Waals surface area contributed by atoms with Crippen molar-refractivity contribution in [3.8, 4) is 16.3 Å². The van der Waals surface area contributed by atoms with Crippen molar-refractivity contribution in [3.05, 3.63) is 77.3 Å². The third kappa shape index (κ3) is 4.05. The molecule has 0 unspecified atom stereocenters. The van der Waals surface area contributed by atoms with Crippen molar-refractivity contribution < 1.29 is 4.79 Å². The summed E-state index contributed by atoms with van der Waals surface area (Å²) in [4.78, 5) is 21.0. The first-order valence-electron chi connectivity index (χ1n) is 8.13. The van der Waals surface area contributed by atoms with Crippen molar-refractivity contribution in [3.63, 3.8) is 0 Å². The van der Waals surface area contributed by atoms with Crippen LogP contribution < -0.4 is 5.32 Å². The van der Waals surface area contributed by atoms with Crippen LogP contribution in [0.3, 0.4) is 0 Å². The number of hydrogen-bond donors (Lipinski definition) is 1. The summed E-state index contributed by atoms with van der Waals surface area (Å²) in [5.41, 5.74) is 3.02. The molecule has 0 fully saturated rings. The van der Waals surface area contributed by atoms with Crippen LogP contribution in [-0.2, 0) is 11.2 Å². The summed E-state index contributed by atoms with van der Waals surface area (Å²) in [6.07, 6.45) is 3.17. The lowest BCUT2D eigenvalue weighted by Gasteiger charge is -2.11. The number of carbonyl (C=O) groups is 1. The van der Waals surface area contributed by atoms with E-state index in [1.165, 1.54) is 17.7 Å². The summed E-state index contributed by atoms with van der Waals surface area (Å²) in [7, 11) is 0. The van der Waals surface area contributed by atoms with Crippen LogP contribution in [0.4, 0.5) is 5.69 Å². The molecular formula is C19H14ClN5OS. The van der Waals surface area contributed by atoms with Crippen LogP contribution in [0.15, 0.2) is 66.6 Å². The Balaban J connectivity index is 1.51. The number of halogens is 1. The van der Waals surface area contributed by atoms with Gasteiger partial charge in [-0.05, 0) is 18.2 Å². The van der Waals surface area contributed by atoms with Crippen LogP contribution in [-0.4, -0.2) is 25.7 Å². The molecular weight excluding hydrogens is 382 g/mol. The molecule has 0 saturated heterocycles. The summed E-state index contributed by atoms with van der Waals surface area (Å²) in [6.45, 7) is 0. The number of hydrogen-bond acceptors (Lipinski definition) is 5. The number of nitrogens with one attached hydrogen (secondary N) is 1. The Bertz CT molecular complexity index is 1060. The summed E-state index contributed by atoms with van der Waals surface area (Å²) in [5, 5.41) is 10.3. The van der Waals surface area contributed by atoms with Gasteiger partial charge in [0.2, 0.25) is 5.91 Å². The zero-order valence-electron chi connectivity index (χ0n) is 14.0. The third-order valence-corrected chi connectivity index (χ3v) is 4.99. The van der Waals surface area contributed by atoms with Crippen molar-refractivity contribution in [2.45, 2.75) is 6.42 Å². The Morgan fingerprint density at radius 3 is 2.81 bits per heavy atom. The van der Waals surface area contributed by atoms with Gasteiger partial charge in [-0.1, -0.05) is 41.9 Å². The largest absolute Gasteiger partial charge is 0.324 e. The number of amides is 1. The highest BCUT2D eigenvalue weighted by molar-refractivity contribution is 7.13. The van der Waals surface area contributed by atoms with Crippen molar-refractivity contribution in [2.75, 3.05) is 5.32 Å². The molecule has 0 aliphatic heterocycles. The fourth-order valence-electron chi connectivity index (χ4n) is 2.60. The van der Waals surface area contributed by atoms with Gasteiger partial charge in [-0.15, -0.1) is 11.3 Å². The van der Waals surface area contributed by atoms with Gasteiger partial charge in [-0.25, -0.2) is 14.6 Å². The molecule has 0 radical (unpaired) electrons. The zero-order chi connectivity index (χ0) is 18.6. The average molecular weight is 396 g/mol. The molecule has 0 spiro atoms. The monoisotopic (exact) mass is 395 g/mol. The van der Waals surface area contributed by atoms with Crippen LogP contribution in [0.25, 0.3) is 16.3 Å². The van der Waals surface area contributed by atoms with Crippen molar-refractivity contribution in [2.24, 2.45) is 0 Å². The van der Waals surface area contributed by atoms with Gasteiger partial charge < -0.3 is 5.32 Å². The van der Waals surface area contributed by atoms with Crippen molar-refractivity contribution in [1.82, 2.24) is 19.7 Å². The first kappa shape index (κ1) is 17.4. The second kappa shape index (κ2) is 7.69. The summed E-state index contributed by atoms with van der Waals surface area (Å²) >= 11 is 7.61. The molecule has 1 amide bonds. The lowest BCUT2D eigenvalue weighted by atomic mass is 10.2. The fraction of sp³-hybridized carbons (Fsp3) is 0.0526. The molecule has 2 aromatic carbocycles. The summed E-state index contributed by atoms with van der Waals surface area (Å²) in [5.74, 6) is -0.177. The minimum Gasteiger partial charge on any atom is -0.324 e. The SMILES string of the molecule is O=C(Cc1csc(-c2ccccc2)n1)Nc1cc(Cl)ccc1-n1cncn1. The van der Waals surface area contributed by atoms with Gasteiger partial charge in [0.05, 0.1) is 23.5 Å². The van der Waals surface area contributed by atoms with E-state index in [0.717, 1.165) is 16.3 Å². The average Bonchev–Trinajstić information content (AvgIpc) is 3.35. The standard InChI is InChI=1S/C19H14ClN5OS/c20-14-6-7-17(25-12-21-11-22-25)16(8-14)24-18(26)9-15-10-27-19(23-15)13-4-2-1-3-5-13/h1-8,10-12H,9H2,(H,24,26). The number of benzene rings is 2. The van der Waals surface area contributed by atoms with Gasteiger partial charge in [0.25, 0.3) is 0 Å². The van der Waals surface area contributed by atoms with E-state index in [9.17, 15) is 4.79 Å². The summed E-state index contributed by atoms with van der Waals surface area (Å²) in [6, 6.07) is 15.1. The van der Waals surface area contributed by atoms with Crippen molar-refractivity contribution >= 4 is 34.5 Å². The number of nitrogens with zero attached hydrogens (tertiary/aromatic N) is 4. The van der Waals surface area contributed by atoms with E-state index in [4.69, 9.17) is 11.6 Å². The third-order valence-electron chi connectivity index (χ3n) is 3.81. The molecule has 4 rings (SSSR count). The van der Waals surface area contributed by atoms with E-state index in [-0.39, 0.29) is 12.3 Å². The maximum Gasteiger partial charge on any atom is 0.230 e. The number of thiazole rings is 1. The van der Waals surface area contributed by atoms with Gasteiger partial charge in [-0.2, -0.15) is 5.10 Å². The maximum absolute atomic E-state index is 12.5. The molecule has 27 heavy (non-hydrogen) atoms. The number of aromatic nitrogens is 4. The van der Waals surface area contributed by atoms with E-state index in [1.807, 2.05) is 35.7 Å².